The Morgan fingerprint density at radius 3 is 2.33 bits per heavy atom. The van der Waals surface area contributed by atoms with Gasteiger partial charge in [0.2, 0.25) is 0 Å². The normalized spacial score (nSPS) is 9.50. The third-order valence-electron chi connectivity index (χ3n) is 1.75. The van der Waals surface area contributed by atoms with E-state index in [2.05, 4.69) is 0 Å². The Kier molecular flexibility index (Phi) is 2.86. The van der Waals surface area contributed by atoms with Gasteiger partial charge in [-0.3, -0.25) is 5.41 Å². The van der Waals surface area contributed by atoms with Gasteiger partial charge in [0.05, 0.1) is 5.84 Å². The average molecular weight is 162 g/mol. The minimum absolute atomic E-state index is 0.640. The molecule has 0 aliphatic rings. The quantitative estimate of drug-likeness (QED) is 0.520. The summed E-state index contributed by atoms with van der Waals surface area (Å²) in [6, 6.07) is 10.1. The Morgan fingerprint density at radius 2 is 1.83 bits per heavy atom. The van der Waals surface area contributed by atoms with Crippen molar-refractivity contribution in [3.63, 3.8) is 0 Å². The molecule has 1 aromatic carbocycles. The van der Waals surface area contributed by atoms with Gasteiger partial charge in [-0.1, -0.05) is 30.3 Å². The van der Waals surface area contributed by atoms with E-state index in [9.17, 15) is 0 Å². The number of nitrogens with one attached hydrogen (secondary N) is 1. The fraction of sp³-hybridized carbons (Fsp3) is 0.300. The molecule has 0 saturated carbocycles. The van der Waals surface area contributed by atoms with Crippen LogP contribution in [0.1, 0.15) is 5.56 Å². The minimum atomic E-state index is 0.640. The standard InChI is InChI=1S/C10H14N2/c1-12(2)10(11)8-9-6-4-3-5-7-9/h3-7,11H,8H2,1-2H3. The molecule has 0 aromatic heterocycles. The Labute approximate surface area is 73.3 Å². The maximum absolute atomic E-state index is 7.61. The van der Waals surface area contributed by atoms with Gasteiger partial charge in [0.25, 0.3) is 0 Å². The molecule has 0 atom stereocenters. The van der Waals surface area contributed by atoms with Gasteiger partial charge in [0.15, 0.2) is 0 Å². The highest BCUT2D eigenvalue weighted by atomic mass is 15.1. The van der Waals surface area contributed by atoms with Crippen LogP contribution in [-0.2, 0) is 6.42 Å². The van der Waals surface area contributed by atoms with Crippen LogP contribution in [0.15, 0.2) is 30.3 Å². The third kappa shape index (κ3) is 2.38. The monoisotopic (exact) mass is 162 g/mol. The van der Waals surface area contributed by atoms with E-state index in [1.807, 2.05) is 49.3 Å². The van der Waals surface area contributed by atoms with Crippen molar-refractivity contribution in [3.8, 4) is 0 Å². The summed E-state index contributed by atoms with van der Waals surface area (Å²) in [7, 11) is 3.79. The maximum atomic E-state index is 7.61. The van der Waals surface area contributed by atoms with Crippen LogP contribution in [0.5, 0.6) is 0 Å². The molecule has 1 N–H and O–H groups in total. The molecule has 0 heterocycles. The van der Waals surface area contributed by atoms with Crippen molar-refractivity contribution < 1.29 is 0 Å². The summed E-state index contributed by atoms with van der Waals surface area (Å²) < 4.78 is 0. The molecule has 2 heteroatoms. The summed E-state index contributed by atoms with van der Waals surface area (Å²) in [6.07, 6.45) is 0.716. The van der Waals surface area contributed by atoms with E-state index in [1.165, 1.54) is 5.56 Å². The van der Waals surface area contributed by atoms with Crippen molar-refractivity contribution >= 4 is 5.84 Å². The highest BCUT2D eigenvalue weighted by Crippen LogP contribution is 2.00. The van der Waals surface area contributed by atoms with Crippen molar-refractivity contribution in [2.45, 2.75) is 6.42 Å². The molecule has 0 amide bonds. The van der Waals surface area contributed by atoms with Crippen LogP contribution in [0.3, 0.4) is 0 Å². The average Bonchev–Trinajstić information content (AvgIpc) is 2.06. The van der Waals surface area contributed by atoms with Crippen molar-refractivity contribution in [2.75, 3.05) is 14.1 Å². The maximum Gasteiger partial charge on any atom is 0.0997 e. The molecule has 64 valence electrons. The van der Waals surface area contributed by atoms with Gasteiger partial charge in [-0.15, -0.1) is 0 Å². The molecule has 0 bridgehead atoms. The lowest BCUT2D eigenvalue weighted by Crippen LogP contribution is -2.22. The largest absolute Gasteiger partial charge is 0.366 e. The fourth-order valence-corrected chi connectivity index (χ4v) is 0.947. The Balaban J connectivity index is 2.59. The van der Waals surface area contributed by atoms with E-state index in [-0.39, 0.29) is 0 Å². The van der Waals surface area contributed by atoms with Crippen LogP contribution in [0.4, 0.5) is 0 Å². The van der Waals surface area contributed by atoms with Gasteiger partial charge in [-0.2, -0.15) is 0 Å². The van der Waals surface area contributed by atoms with Crippen molar-refractivity contribution in [1.82, 2.24) is 4.90 Å². The number of likely N-dealkylation sites (N-methyl/N-ethyl adjacent to an activating group) is 1. The van der Waals surface area contributed by atoms with Gasteiger partial charge in [0, 0.05) is 20.5 Å². The number of benzene rings is 1. The van der Waals surface area contributed by atoms with Crippen LogP contribution in [0, 0.1) is 5.41 Å². The molecule has 1 rings (SSSR count). The lowest BCUT2D eigenvalue weighted by Gasteiger charge is -2.12. The van der Waals surface area contributed by atoms with Gasteiger partial charge in [-0.05, 0) is 5.56 Å². The van der Waals surface area contributed by atoms with Crippen molar-refractivity contribution in [2.24, 2.45) is 0 Å². The van der Waals surface area contributed by atoms with Crippen LogP contribution in [0.25, 0.3) is 0 Å². The molecule has 0 radical (unpaired) electrons. The predicted octanol–water partition coefficient (Wildman–Crippen LogP) is 1.77. The van der Waals surface area contributed by atoms with E-state index in [4.69, 9.17) is 5.41 Å². The van der Waals surface area contributed by atoms with Gasteiger partial charge >= 0.3 is 0 Å². The molecule has 0 aliphatic heterocycles. The van der Waals surface area contributed by atoms with Crippen molar-refractivity contribution in [1.29, 1.82) is 5.41 Å². The first-order valence-electron chi connectivity index (χ1n) is 3.99. The third-order valence-corrected chi connectivity index (χ3v) is 1.75. The van der Waals surface area contributed by atoms with Crippen LogP contribution >= 0.6 is 0 Å². The number of hydrogen-bond donors (Lipinski definition) is 1. The van der Waals surface area contributed by atoms with Crippen LogP contribution in [-0.4, -0.2) is 24.8 Å². The summed E-state index contributed by atoms with van der Waals surface area (Å²) >= 11 is 0. The molecule has 0 aliphatic carbocycles. The summed E-state index contributed by atoms with van der Waals surface area (Å²) in [5, 5.41) is 7.61. The zero-order valence-corrected chi connectivity index (χ0v) is 7.54. The Morgan fingerprint density at radius 1 is 1.25 bits per heavy atom. The van der Waals surface area contributed by atoms with Gasteiger partial charge in [0.1, 0.15) is 0 Å². The highest BCUT2D eigenvalue weighted by molar-refractivity contribution is 5.80. The van der Waals surface area contributed by atoms with E-state index in [0.717, 1.165) is 0 Å². The minimum Gasteiger partial charge on any atom is -0.366 e. The summed E-state index contributed by atoms with van der Waals surface area (Å²) in [4.78, 5) is 1.83. The van der Waals surface area contributed by atoms with E-state index in [1.54, 1.807) is 0 Å². The fourth-order valence-electron chi connectivity index (χ4n) is 0.947. The molecule has 12 heavy (non-hydrogen) atoms. The van der Waals surface area contributed by atoms with Crippen molar-refractivity contribution in [3.05, 3.63) is 35.9 Å². The molecule has 0 spiro atoms. The smallest absolute Gasteiger partial charge is 0.0997 e. The second-order valence-electron chi connectivity index (χ2n) is 3.00. The molecular weight excluding hydrogens is 148 g/mol. The molecule has 0 saturated heterocycles. The van der Waals surface area contributed by atoms with Gasteiger partial charge < -0.3 is 4.90 Å². The SMILES string of the molecule is CN(C)C(=N)Cc1ccccc1. The number of amidine groups is 1. The Hall–Kier alpha value is -1.31. The number of hydrogen-bond acceptors (Lipinski definition) is 1. The Bertz CT molecular complexity index is 252. The summed E-state index contributed by atoms with van der Waals surface area (Å²) in [5.41, 5.74) is 1.19. The predicted molar refractivity (Wildman–Crippen MR) is 51.6 cm³/mol. The van der Waals surface area contributed by atoms with E-state index < -0.39 is 0 Å². The lowest BCUT2D eigenvalue weighted by atomic mass is 10.1. The number of rotatable bonds is 2. The first-order valence-corrected chi connectivity index (χ1v) is 3.99. The van der Waals surface area contributed by atoms with Crippen LogP contribution in [0.2, 0.25) is 0 Å². The highest BCUT2D eigenvalue weighted by Gasteiger charge is 1.99. The zero-order valence-electron chi connectivity index (χ0n) is 7.54. The topological polar surface area (TPSA) is 27.1 Å². The summed E-state index contributed by atoms with van der Waals surface area (Å²) in [5.74, 6) is 0.640. The van der Waals surface area contributed by atoms with E-state index >= 15 is 0 Å². The second kappa shape index (κ2) is 3.90. The molecule has 2 nitrogen and oxygen atoms in total. The molecule has 1 aromatic rings. The van der Waals surface area contributed by atoms with Gasteiger partial charge in [-0.25, -0.2) is 0 Å². The lowest BCUT2D eigenvalue weighted by molar-refractivity contribution is 0.605. The van der Waals surface area contributed by atoms with E-state index in [0.29, 0.717) is 12.3 Å². The molecule has 0 fully saturated rings. The molecule has 0 unspecified atom stereocenters. The zero-order chi connectivity index (χ0) is 8.97. The summed E-state index contributed by atoms with van der Waals surface area (Å²) in [6.45, 7) is 0. The first kappa shape index (κ1) is 8.78. The first-order chi connectivity index (χ1) is 5.70. The molecular formula is C10H14N2. The number of nitrogens with zero attached hydrogens (tertiary/aromatic N) is 1. The second-order valence-corrected chi connectivity index (χ2v) is 3.00. The van der Waals surface area contributed by atoms with Crippen LogP contribution < -0.4 is 0 Å².